The first-order valence-corrected chi connectivity index (χ1v) is 12.2. The molecule has 7 rings (SSSR count). The first kappa shape index (κ1) is 22.4. The Morgan fingerprint density at radius 3 is 2.53 bits per heavy atom. The lowest BCUT2D eigenvalue weighted by atomic mass is 9.88. The summed E-state index contributed by atoms with van der Waals surface area (Å²) < 4.78 is 15.3. The van der Waals surface area contributed by atoms with Crippen LogP contribution < -0.4 is 9.64 Å². The summed E-state index contributed by atoms with van der Waals surface area (Å²) in [7, 11) is 0. The van der Waals surface area contributed by atoms with Crippen LogP contribution in [0.3, 0.4) is 0 Å². The van der Waals surface area contributed by atoms with Crippen LogP contribution in [0, 0.1) is 0 Å². The average Bonchev–Trinajstić information content (AvgIpc) is 3.53. The zero-order valence-corrected chi connectivity index (χ0v) is 20.6. The molecular weight excluding hydrogens is 458 g/mol. The molecule has 3 fully saturated rings. The average molecular weight is 488 g/mol. The van der Waals surface area contributed by atoms with Gasteiger partial charge in [0.05, 0.1) is 12.1 Å². The van der Waals surface area contributed by atoms with E-state index in [1.165, 1.54) is 0 Å². The van der Waals surface area contributed by atoms with Crippen LogP contribution >= 0.6 is 0 Å². The Balaban J connectivity index is 1.28. The summed E-state index contributed by atoms with van der Waals surface area (Å²) in [6.07, 6.45) is 4.32. The number of rotatable bonds is 5. The lowest BCUT2D eigenvalue weighted by Gasteiger charge is -2.55. The number of ether oxygens (including phenoxy) is 2. The Hall–Kier alpha value is -4.08. The number of aromatic nitrogens is 5. The number of hydrogen-bond donors (Lipinski definition) is 0. The lowest BCUT2D eigenvalue weighted by molar-refractivity contribution is -0.0381. The van der Waals surface area contributed by atoms with Gasteiger partial charge in [-0.15, -0.1) is 5.10 Å². The fraction of sp³-hybridized carbons (Fsp3) is 0.385. The van der Waals surface area contributed by atoms with Gasteiger partial charge in [-0.05, 0) is 51.0 Å². The Bertz CT molecular complexity index is 1370. The van der Waals surface area contributed by atoms with E-state index in [1.807, 2.05) is 80.4 Å². The number of nitrogens with zero attached hydrogens (tertiary/aromatic N) is 7. The van der Waals surface area contributed by atoms with Crippen LogP contribution in [-0.2, 0) is 11.3 Å². The molecule has 0 radical (unpaired) electrons. The summed E-state index contributed by atoms with van der Waals surface area (Å²) >= 11 is 0. The standard InChI is InChI=1S/C26H29N7O3/c1-26(2,3)36-25(34)32-19-14-20(32)16-30(15-19)24-28-23-21(35-17-18-8-5-4-6-9-18)10-11-22(33(23)29-24)31-13-7-12-27-31/h4-13,19-20H,14-17H2,1-3H3. The van der Waals surface area contributed by atoms with Crippen molar-refractivity contribution in [2.45, 2.75) is 51.5 Å². The number of benzene rings is 1. The number of anilines is 1. The van der Waals surface area contributed by atoms with Crippen molar-refractivity contribution in [3.8, 4) is 11.6 Å². The number of pyridine rings is 1. The Labute approximate surface area is 209 Å². The van der Waals surface area contributed by atoms with Crippen LogP contribution in [0.4, 0.5) is 10.7 Å². The molecule has 2 bridgehead atoms. The fourth-order valence-electron chi connectivity index (χ4n) is 4.86. The molecule has 2 atom stereocenters. The largest absolute Gasteiger partial charge is 0.485 e. The highest BCUT2D eigenvalue weighted by molar-refractivity contribution is 5.71. The van der Waals surface area contributed by atoms with E-state index in [0.29, 0.717) is 37.0 Å². The van der Waals surface area contributed by atoms with E-state index in [1.54, 1.807) is 15.4 Å². The van der Waals surface area contributed by atoms with E-state index in [2.05, 4.69) is 10.00 Å². The van der Waals surface area contributed by atoms with Gasteiger partial charge >= 0.3 is 6.09 Å². The summed E-state index contributed by atoms with van der Waals surface area (Å²) in [5, 5.41) is 9.22. The first-order chi connectivity index (χ1) is 17.4. The van der Waals surface area contributed by atoms with Crippen molar-refractivity contribution in [3.05, 3.63) is 66.5 Å². The molecule has 1 aromatic carbocycles. The molecule has 4 aromatic rings. The summed E-state index contributed by atoms with van der Waals surface area (Å²) in [6.45, 7) is 7.42. The van der Waals surface area contributed by atoms with Crippen molar-refractivity contribution >= 4 is 17.7 Å². The molecule has 0 spiro atoms. The Morgan fingerprint density at radius 2 is 1.83 bits per heavy atom. The molecule has 186 valence electrons. The molecule has 1 amide bonds. The topological polar surface area (TPSA) is 90.0 Å². The van der Waals surface area contributed by atoms with Crippen molar-refractivity contribution in [3.63, 3.8) is 0 Å². The molecule has 6 heterocycles. The Morgan fingerprint density at radius 1 is 1.06 bits per heavy atom. The van der Waals surface area contributed by atoms with E-state index in [-0.39, 0.29) is 18.2 Å². The molecular formula is C26H29N7O3. The quantitative estimate of drug-likeness (QED) is 0.424. The monoisotopic (exact) mass is 487 g/mol. The summed E-state index contributed by atoms with van der Waals surface area (Å²) in [5.74, 6) is 2.02. The smallest absolute Gasteiger partial charge is 0.410 e. The van der Waals surface area contributed by atoms with Crippen LogP contribution in [0.25, 0.3) is 11.5 Å². The number of carbonyl (C=O) groups excluding carboxylic acids is 1. The minimum Gasteiger partial charge on any atom is -0.485 e. The third kappa shape index (κ3) is 4.12. The van der Waals surface area contributed by atoms with Crippen LogP contribution in [0.2, 0.25) is 0 Å². The van der Waals surface area contributed by atoms with Crippen LogP contribution in [-0.4, -0.2) is 66.1 Å². The molecule has 0 aliphatic carbocycles. The van der Waals surface area contributed by atoms with Crippen molar-refractivity contribution in [1.82, 2.24) is 29.3 Å². The SMILES string of the molecule is CC(C)(C)OC(=O)N1C2CC1CN(c1nc3c(OCc4ccccc4)ccc(-n4cccn4)n3n1)C2. The van der Waals surface area contributed by atoms with Crippen molar-refractivity contribution in [1.29, 1.82) is 0 Å². The van der Waals surface area contributed by atoms with Gasteiger partial charge in [-0.1, -0.05) is 30.3 Å². The van der Waals surface area contributed by atoms with Gasteiger partial charge in [-0.2, -0.15) is 14.6 Å². The number of fused-ring (bicyclic) bond motifs is 3. The van der Waals surface area contributed by atoms with Gasteiger partial charge in [0.15, 0.2) is 11.6 Å². The van der Waals surface area contributed by atoms with Gasteiger partial charge in [0.1, 0.15) is 12.2 Å². The Kier molecular flexibility index (Phi) is 5.31. The van der Waals surface area contributed by atoms with E-state index < -0.39 is 5.60 Å². The van der Waals surface area contributed by atoms with E-state index in [0.717, 1.165) is 17.8 Å². The maximum atomic E-state index is 12.7. The minimum absolute atomic E-state index is 0.0876. The molecule has 0 saturated carbocycles. The molecule has 0 N–H and O–H groups in total. The predicted octanol–water partition coefficient (Wildman–Crippen LogP) is 3.69. The molecule has 10 nitrogen and oxygen atoms in total. The van der Waals surface area contributed by atoms with Crippen LogP contribution in [0.1, 0.15) is 32.8 Å². The van der Waals surface area contributed by atoms with Gasteiger partial charge in [0.25, 0.3) is 0 Å². The van der Waals surface area contributed by atoms with Crippen LogP contribution in [0.15, 0.2) is 60.9 Å². The number of piperidine rings is 1. The molecule has 36 heavy (non-hydrogen) atoms. The molecule has 3 aromatic heterocycles. The summed E-state index contributed by atoms with van der Waals surface area (Å²) in [6, 6.07) is 15.9. The zero-order chi connectivity index (χ0) is 24.9. The lowest BCUT2D eigenvalue weighted by Crippen LogP contribution is -2.70. The number of piperazine rings is 1. The van der Waals surface area contributed by atoms with Gasteiger partial charge in [0.2, 0.25) is 11.6 Å². The summed E-state index contributed by atoms with van der Waals surface area (Å²) in [5.41, 5.74) is 1.19. The zero-order valence-electron chi connectivity index (χ0n) is 20.6. The van der Waals surface area contributed by atoms with E-state index >= 15 is 0 Å². The molecule has 3 saturated heterocycles. The maximum Gasteiger partial charge on any atom is 0.410 e. The van der Waals surface area contributed by atoms with Crippen LogP contribution in [0.5, 0.6) is 5.75 Å². The third-order valence-corrected chi connectivity index (χ3v) is 6.47. The summed E-state index contributed by atoms with van der Waals surface area (Å²) in [4.78, 5) is 21.6. The van der Waals surface area contributed by atoms with Gasteiger partial charge in [-0.25, -0.2) is 9.48 Å². The normalized spacial score (nSPS) is 19.3. The highest BCUT2D eigenvalue weighted by Crippen LogP contribution is 2.36. The predicted molar refractivity (Wildman–Crippen MR) is 133 cm³/mol. The van der Waals surface area contributed by atoms with Crippen molar-refractivity contribution in [2.75, 3.05) is 18.0 Å². The number of amides is 1. The van der Waals surface area contributed by atoms with Crippen molar-refractivity contribution < 1.29 is 14.3 Å². The van der Waals surface area contributed by atoms with Gasteiger partial charge in [-0.3, -0.25) is 4.90 Å². The van der Waals surface area contributed by atoms with Crippen molar-refractivity contribution in [2.24, 2.45) is 0 Å². The highest BCUT2D eigenvalue weighted by Gasteiger charge is 2.49. The molecule has 10 heteroatoms. The number of hydrogen-bond acceptors (Lipinski definition) is 7. The number of carbonyl (C=O) groups is 1. The van der Waals surface area contributed by atoms with E-state index in [9.17, 15) is 4.79 Å². The first-order valence-electron chi connectivity index (χ1n) is 12.2. The molecule has 2 unspecified atom stereocenters. The second-order valence-electron chi connectivity index (χ2n) is 10.3. The highest BCUT2D eigenvalue weighted by atomic mass is 16.6. The molecule has 3 aliphatic heterocycles. The second kappa shape index (κ2) is 8.54. The second-order valence-corrected chi connectivity index (χ2v) is 10.3. The van der Waals surface area contributed by atoms with Gasteiger partial charge in [0, 0.05) is 25.5 Å². The minimum atomic E-state index is -0.511. The maximum absolute atomic E-state index is 12.7. The third-order valence-electron chi connectivity index (χ3n) is 6.47. The van der Waals surface area contributed by atoms with E-state index in [4.69, 9.17) is 19.6 Å². The van der Waals surface area contributed by atoms with Gasteiger partial charge < -0.3 is 14.4 Å². The fourth-order valence-corrected chi connectivity index (χ4v) is 4.86. The molecule has 3 aliphatic rings.